The van der Waals surface area contributed by atoms with Crippen LogP contribution in [0.2, 0.25) is 0 Å². The fraction of sp³-hybridized carbons (Fsp3) is 0.556. The van der Waals surface area contributed by atoms with E-state index in [0.29, 0.717) is 19.0 Å². The van der Waals surface area contributed by atoms with E-state index < -0.39 is 5.41 Å². The van der Waals surface area contributed by atoms with Crippen LogP contribution in [0.15, 0.2) is 24.3 Å². The second-order valence-electron chi connectivity index (χ2n) is 6.92. The van der Waals surface area contributed by atoms with Gasteiger partial charge in [-0.2, -0.15) is 0 Å². The standard InChI is InChI=1S/C18H22N2O2/c1-19-15-8-3-2-7-14(15)18(17(19)22)9-11-20(12-10-18)16(21)13-5-4-6-13/h2-3,7-8,13H,4-6,9-12H2,1H3. The van der Waals surface area contributed by atoms with Gasteiger partial charge in [0.2, 0.25) is 11.8 Å². The largest absolute Gasteiger partial charge is 0.342 e. The van der Waals surface area contributed by atoms with Crippen molar-refractivity contribution in [2.24, 2.45) is 5.92 Å². The van der Waals surface area contributed by atoms with Gasteiger partial charge in [-0.3, -0.25) is 9.59 Å². The summed E-state index contributed by atoms with van der Waals surface area (Å²) in [5.74, 6) is 0.765. The van der Waals surface area contributed by atoms with Gasteiger partial charge in [0.1, 0.15) is 0 Å². The number of likely N-dealkylation sites (tertiary alicyclic amines) is 1. The lowest BCUT2D eigenvalue weighted by atomic mass is 9.73. The molecule has 4 rings (SSSR count). The summed E-state index contributed by atoms with van der Waals surface area (Å²) >= 11 is 0. The van der Waals surface area contributed by atoms with Crippen LogP contribution in [0, 0.1) is 5.92 Å². The van der Waals surface area contributed by atoms with Crippen molar-refractivity contribution >= 4 is 17.5 Å². The third-order valence-electron chi connectivity index (χ3n) is 5.88. The van der Waals surface area contributed by atoms with Crippen molar-refractivity contribution < 1.29 is 9.59 Å². The molecule has 0 unspecified atom stereocenters. The Balaban J connectivity index is 1.57. The zero-order chi connectivity index (χ0) is 15.3. The van der Waals surface area contributed by atoms with E-state index in [1.807, 2.05) is 30.1 Å². The summed E-state index contributed by atoms with van der Waals surface area (Å²) in [6.07, 6.45) is 4.79. The zero-order valence-corrected chi connectivity index (χ0v) is 13.0. The number of hydrogen-bond donors (Lipinski definition) is 0. The normalized spacial score (nSPS) is 23.6. The van der Waals surface area contributed by atoms with Gasteiger partial charge in [0, 0.05) is 31.7 Å². The van der Waals surface area contributed by atoms with Crippen molar-refractivity contribution in [1.29, 1.82) is 0 Å². The number of para-hydroxylation sites is 1. The lowest BCUT2D eigenvalue weighted by molar-refractivity contribution is -0.141. The summed E-state index contributed by atoms with van der Waals surface area (Å²) in [6, 6.07) is 8.10. The minimum Gasteiger partial charge on any atom is -0.342 e. The molecule has 2 fully saturated rings. The fourth-order valence-corrected chi connectivity index (χ4v) is 4.22. The molecule has 1 aromatic carbocycles. The van der Waals surface area contributed by atoms with Gasteiger partial charge in [0.15, 0.2) is 0 Å². The van der Waals surface area contributed by atoms with Crippen molar-refractivity contribution in [1.82, 2.24) is 4.90 Å². The van der Waals surface area contributed by atoms with E-state index in [0.717, 1.165) is 36.9 Å². The maximum Gasteiger partial charge on any atom is 0.237 e. The van der Waals surface area contributed by atoms with Crippen molar-refractivity contribution in [2.75, 3.05) is 25.0 Å². The molecule has 1 aromatic rings. The minimum absolute atomic E-state index is 0.199. The number of carbonyl (C=O) groups is 2. The molecule has 0 radical (unpaired) electrons. The smallest absolute Gasteiger partial charge is 0.237 e. The first kappa shape index (κ1) is 13.8. The Hall–Kier alpha value is -1.84. The van der Waals surface area contributed by atoms with E-state index in [1.165, 1.54) is 6.42 Å². The van der Waals surface area contributed by atoms with Crippen LogP contribution in [-0.4, -0.2) is 36.9 Å². The lowest BCUT2D eigenvalue weighted by Gasteiger charge is -2.40. The number of anilines is 1. The third-order valence-corrected chi connectivity index (χ3v) is 5.88. The molecule has 116 valence electrons. The number of piperidine rings is 1. The van der Waals surface area contributed by atoms with Crippen LogP contribution in [0.1, 0.15) is 37.7 Å². The number of rotatable bonds is 1. The summed E-state index contributed by atoms with van der Waals surface area (Å²) in [7, 11) is 1.86. The van der Waals surface area contributed by atoms with Crippen LogP contribution < -0.4 is 4.90 Å². The van der Waals surface area contributed by atoms with Gasteiger partial charge in [-0.05, 0) is 37.3 Å². The van der Waals surface area contributed by atoms with Gasteiger partial charge in [-0.15, -0.1) is 0 Å². The van der Waals surface area contributed by atoms with Gasteiger partial charge in [-0.1, -0.05) is 24.6 Å². The van der Waals surface area contributed by atoms with Crippen molar-refractivity contribution in [3.05, 3.63) is 29.8 Å². The average molecular weight is 298 g/mol. The number of likely N-dealkylation sites (N-methyl/N-ethyl adjacent to an activating group) is 1. The van der Waals surface area contributed by atoms with E-state index in [9.17, 15) is 9.59 Å². The Morgan fingerprint density at radius 2 is 1.86 bits per heavy atom. The highest BCUT2D eigenvalue weighted by molar-refractivity contribution is 6.07. The predicted octanol–water partition coefficient (Wildman–Crippen LogP) is 2.32. The Morgan fingerprint density at radius 1 is 1.18 bits per heavy atom. The summed E-state index contributed by atoms with van der Waals surface area (Å²) in [4.78, 5) is 29.0. The summed E-state index contributed by atoms with van der Waals surface area (Å²) in [6.45, 7) is 1.42. The van der Waals surface area contributed by atoms with Gasteiger partial charge < -0.3 is 9.80 Å². The van der Waals surface area contributed by atoms with E-state index in [2.05, 4.69) is 6.07 Å². The molecule has 1 saturated heterocycles. The molecule has 2 aliphatic heterocycles. The first-order valence-corrected chi connectivity index (χ1v) is 8.30. The number of amides is 2. The number of benzene rings is 1. The number of nitrogens with zero attached hydrogens (tertiary/aromatic N) is 2. The summed E-state index contributed by atoms with van der Waals surface area (Å²) in [5, 5.41) is 0. The van der Waals surface area contributed by atoms with Crippen LogP contribution in [0.25, 0.3) is 0 Å². The Kier molecular flexibility index (Phi) is 3.03. The molecular weight excluding hydrogens is 276 g/mol. The fourth-order valence-electron chi connectivity index (χ4n) is 4.22. The minimum atomic E-state index is -0.401. The first-order chi connectivity index (χ1) is 10.6. The maximum absolute atomic E-state index is 12.8. The Morgan fingerprint density at radius 3 is 2.50 bits per heavy atom. The molecule has 1 saturated carbocycles. The van der Waals surface area contributed by atoms with Gasteiger partial charge in [0.05, 0.1) is 5.41 Å². The SMILES string of the molecule is CN1C(=O)C2(CCN(C(=O)C3CCC3)CC2)c2ccccc21. The van der Waals surface area contributed by atoms with E-state index in [1.54, 1.807) is 4.90 Å². The van der Waals surface area contributed by atoms with Gasteiger partial charge in [-0.25, -0.2) is 0 Å². The highest BCUT2D eigenvalue weighted by atomic mass is 16.2. The van der Waals surface area contributed by atoms with E-state index in [-0.39, 0.29) is 11.8 Å². The molecule has 2 amide bonds. The maximum atomic E-state index is 12.8. The molecule has 1 aliphatic carbocycles. The molecular formula is C18H22N2O2. The summed E-state index contributed by atoms with van der Waals surface area (Å²) in [5.41, 5.74) is 1.78. The topological polar surface area (TPSA) is 40.6 Å². The van der Waals surface area contributed by atoms with E-state index in [4.69, 9.17) is 0 Å². The van der Waals surface area contributed by atoms with Gasteiger partial charge >= 0.3 is 0 Å². The molecule has 22 heavy (non-hydrogen) atoms. The molecule has 3 aliphatic rings. The monoisotopic (exact) mass is 298 g/mol. The van der Waals surface area contributed by atoms with Crippen molar-refractivity contribution in [2.45, 2.75) is 37.5 Å². The number of carbonyl (C=O) groups excluding carboxylic acids is 2. The first-order valence-electron chi connectivity index (χ1n) is 8.30. The molecule has 2 heterocycles. The lowest BCUT2D eigenvalue weighted by Crippen LogP contribution is -2.51. The molecule has 4 heteroatoms. The molecule has 0 atom stereocenters. The molecule has 1 spiro atoms. The Labute approximate surface area is 131 Å². The number of fused-ring (bicyclic) bond motifs is 2. The molecule has 0 bridgehead atoms. The summed E-state index contributed by atoms with van der Waals surface area (Å²) < 4.78 is 0. The van der Waals surface area contributed by atoms with Crippen LogP contribution in [-0.2, 0) is 15.0 Å². The van der Waals surface area contributed by atoms with Crippen LogP contribution in [0.5, 0.6) is 0 Å². The average Bonchev–Trinajstić information content (AvgIpc) is 2.70. The molecule has 0 aromatic heterocycles. The molecule has 0 N–H and O–H groups in total. The zero-order valence-electron chi connectivity index (χ0n) is 13.0. The van der Waals surface area contributed by atoms with Gasteiger partial charge in [0.25, 0.3) is 0 Å². The van der Waals surface area contributed by atoms with Crippen molar-refractivity contribution in [3.63, 3.8) is 0 Å². The second-order valence-corrected chi connectivity index (χ2v) is 6.92. The Bertz CT molecular complexity index is 628. The molecule has 4 nitrogen and oxygen atoms in total. The highest BCUT2D eigenvalue weighted by Gasteiger charge is 2.51. The number of hydrogen-bond acceptors (Lipinski definition) is 2. The van der Waals surface area contributed by atoms with E-state index >= 15 is 0 Å². The van der Waals surface area contributed by atoms with Crippen LogP contribution in [0.4, 0.5) is 5.69 Å². The highest BCUT2D eigenvalue weighted by Crippen LogP contribution is 2.47. The second kappa shape index (κ2) is 4.83. The quantitative estimate of drug-likeness (QED) is 0.798. The van der Waals surface area contributed by atoms with Crippen molar-refractivity contribution in [3.8, 4) is 0 Å². The van der Waals surface area contributed by atoms with Crippen LogP contribution in [0.3, 0.4) is 0 Å². The third kappa shape index (κ3) is 1.76. The van der Waals surface area contributed by atoms with Crippen LogP contribution >= 0.6 is 0 Å². The predicted molar refractivity (Wildman–Crippen MR) is 84.7 cm³/mol.